The van der Waals surface area contributed by atoms with Crippen LogP contribution in [0.1, 0.15) is 38.9 Å². The molecule has 1 aromatic rings. The molecule has 2 unspecified atom stereocenters. The Bertz CT molecular complexity index is 327. The Morgan fingerprint density at radius 2 is 2.00 bits per heavy atom. The molecule has 0 bridgehead atoms. The summed E-state index contributed by atoms with van der Waals surface area (Å²) in [6, 6.07) is 0. The van der Waals surface area contributed by atoms with Crippen LogP contribution in [-0.2, 0) is 13.0 Å². The fourth-order valence-corrected chi connectivity index (χ4v) is 2.61. The van der Waals surface area contributed by atoms with Crippen molar-refractivity contribution < 1.29 is 4.52 Å². The Morgan fingerprint density at radius 3 is 2.56 bits per heavy atom. The molecule has 4 nitrogen and oxygen atoms in total. The average molecular weight is 223 g/mol. The lowest BCUT2D eigenvalue weighted by atomic mass is 9.92. The van der Waals surface area contributed by atoms with Crippen LogP contribution in [0, 0.1) is 11.8 Å². The van der Waals surface area contributed by atoms with Gasteiger partial charge in [0.25, 0.3) is 0 Å². The Balaban J connectivity index is 1.93. The smallest absolute Gasteiger partial charge is 0.240 e. The Morgan fingerprint density at radius 1 is 1.31 bits per heavy atom. The van der Waals surface area contributed by atoms with Gasteiger partial charge in [0.1, 0.15) is 0 Å². The summed E-state index contributed by atoms with van der Waals surface area (Å²) in [5, 5.41) is 3.93. The molecular weight excluding hydrogens is 202 g/mol. The van der Waals surface area contributed by atoms with Crippen molar-refractivity contribution in [2.75, 3.05) is 13.1 Å². The maximum atomic E-state index is 5.23. The minimum absolute atomic E-state index is 0.762. The largest absolute Gasteiger partial charge is 0.338 e. The molecule has 1 aromatic heterocycles. The van der Waals surface area contributed by atoms with Crippen molar-refractivity contribution in [1.29, 1.82) is 0 Å². The van der Waals surface area contributed by atoms with Crippen molar-refractivity contribution in [3.05, 3.63) is 11.7 Å². The average Bonchev–Trinajstić information content (AvgIpc) is 2.64. The first kappa shape index (κ1) is 11.6. The van der Waals surface area contributed by atoms with Gasteiger partial charge in [-0.15, -0.1) is 0 Å². The molecule has 2 atom stereocenters. The summed E-state index contributed by atoms with van der Waals surface area (Å²) in [5.41, 5.74) is 0. The van der Waals surface area contributed by atoms with Gasteiger partial charge < -0.3 is 4.52 Å². The van der Waals surface area contributed by atoms with E-state index in [-0.39, 0.29) is 0 Å². The topological polar surface area (TPSA) is 42.2 Å². The van der Waals surface area contributed by atoms with Crippen LogP contribution in [0.25, 0.3) is 0 Å². The number of aromatic nitrogens is 2. The number of nitrogens with zero attached hydrogens (tertiary/aromatic N) is 3. The van der Waals surface area contributed by atoms with Gasteiger partial charge in [0.15, 0.2) is 5.82 Å². The van der Waals surface area contributed by atoms with E-state index >= 15 is 0 Å². The molecule has 0 amide bonds. The molecule has 0 spiro atoms. The van der Waals surface area contributed by atoms with Crippen LogP contribution in [0.2, 0.25) is 0 Å². The molecule has 0 aromatic carbocycles. The highest BCUT2D eigenvalue weighted by Crippen LogP contribution is 2.22. The van der Waals surface area contributed by atoms with E-state index in [2.05, 4.69) is 28.9 Å². The van der Waals surface area contributed by atoms with E-state index in [1.54, 1.807) is 0 Å². The zero-order chi connectivity index (χ0) is 11.5. The van der Waals surface area contributed by atoms with Gasteiger partial charge in [-0.05, 0) is 18.3 Å². The number of aryl methyl sites for hydroxylation is 1. The van der Waals surface area contributed by atoms with E-state index < -0.39 is 0 Å². The minimum atomic E-state index is 0.762. The van der Waals surface area contributed by atoms with Gasteiger partial charge in [0.05, 0.1) is 6.54 Å². The second-order valence-electron chi connectivity index (χ2n) is 5.10. The van der Waals surface area contributed by atoms with E-state index in [0.29, 0.717) is 0 Å². The van der Waals surface area contributed by atoms with E-state index in [1.807, 2.05) is 6.92 Å². The van der Waals surface area contributed by atoms with Gasteiger partial charge in [0, 0.05) is 19.5 Å². The maximum Gasteiger partial charge on any atom is 0.240 e. The van der Waals surface area contributed by atoms with Crippen LogP contribution < -0.4 is 0 Å². The predicted octanol–water partition coefficient (Wildman–Crippen LogP) is 2.11. The lowest BCUT2D eigenvalue weighted by molar-refractivity contribution is 0.121. The molecule has 1 fully saturated rings. The maximum absolute atomic E-state index is 5.23. The van der Waals surface area contributed by atoms with Crippen molar-refractivity contribution in [3.8, 4) is 0 Å². The SMILES string of the molecule is CCc1noc(CN2CC(C)CC(C)C2)n1. The van der Waals surface area contributed by atoms with Crippen LogP contribution in [0.4, 0.5) is 0 Å². The van der Waals surface area contributed by atoms with E-state index in [0.717, 1.165) is 49.6 Å². The number of hydrogen-bond acceptors (Lipinski definition) is 4. The van der Waals surface area contributed by atoms with E-state index in [9.17, 15) is 0 Å². The van der Waals surface area contributed by atoms with E-state index in [4.69, 9.17) is 4.52 Å². The summed E-state index contributed by atoms with van der Waals surface area (Å²) in [4.78, 5) is 6.78. The van der Waals surface area contributed by atoms with Crippen molar-refractivity contribution >= 4 is 0 Å². The summed E-state index contributed by atoms with van der Waals surface area (Å²) in [5.74, 6) is 3.13. The van der Waals surface area contributed by atoms with Crippen LogP contribution in [0.3, 0.4) is 0 Å². The molecule has 2 rings (SSSR count). The Labute approximate surface area is 97.0 Å². The highest BCUT2D eigenvalue weighted by molar-refractivity contribution is 4.87. The molecular formula is C12H21N3O. The zero-order valence-electron chi connectivity index (χ0n) is 10.4. The monoisotopic (exact) mass is 223 g/mol. The third-order valence-electron chi connectivity index (χ3n) is 3.13. The zero-order valence-corrected chi connectivity index (χ0v) is 10.4. The third kappa shape index (κ3) is 2.82. The van der Waals surface area contributed by atoms with Crippen molar-refractivity contribution in [2.24, 2.45) is 11.8 Å². The van der Waals surface area contributed by atoms with Crippen molar-refractivity contribution in [1.82, 2.24) is 15.0 Å². The molecule has 16 heavy (non-hydrogen) atoms. The van der Waals surface area contributed by atoms with Crippen LogP contribution in [-0.4, -0.2) is 28.1 Å². The first-order valence-corrected chi connectivity index (χ1v) is 6.21. The molecule has 1 aliphatic heterocycles. The molecule has 0 radical (unpaired) electrons. The fraction of sp³-hybridized carbons (Fsp3) is 0.833. The summed E-state index contributed by atoms with van der Waals surface area (Å²) in [7, 11) is 0. The van der Waals surface area contributed by atoms with Crippen molar-refractivity contribution in [2.45, 2.75) is 40.2 Å². The molecule has 0 N–H and O–H groups in total. The van der Waals surface area contributed by atoms with Gasteiger partial charge >= 0.3 is 0 Å². The summed E-state index contributed by atoms with van der Waals surface area (Å²) in [6.07, 6.45) is 2.18. The summed E-state index contributed by atoms with van der Waals surface area (Å²) < 4.78 is 5.23. The van der Waals surface area contributed by atoms with Crippen LogP contribution in [0.5, 0.6) is 0 Å². The van der Waals surface area contributed by atoms with Crippen LogP contribution >= 0.6 is 0 Å². The lowest BCUT2D eigenvalue weighted by Gasteiger charge is -2.33. The molecule has 1 aliphatic rings. The predicted molar refractivity (Wildman–Crippen MR) is 61.9 cm³/mol. The van der Waals surface area contributed by atoms with Gasteiger partial charge in [-0.2, -0.15) is 4.98 Å². The quantitative estimate of drug-likeness (QED) is 0.787. The standard InChI is InChI=1S/C12H21N3O/c1-4-11-13-12(16-14-11)8-15-6-9(2)5-10(3)7-15/h9-10H,4-8H2,1-3H3. The van der Waals surface area contributed by atoms with Gasteiger partial charge in [-0.3, -0.25) is 4.90 Å². The van der Waals surface area contributed by atoms with Crippen LogP contribution in [0.15, 0.2) is 4.52 Å². The third-order valence-corrected chi connectivity index (χ3v) is 3.13. The summed E-state index contributed by atoms with van der Waals surface area (Å²) in [6.45, 7) is 9.77. The number of rotatable bonds is 3. The number of likely N-dealkylation sites (tertiary alicyclic amines) is 1. The first-order valence-electron chi connectivity index (χ1n) is 6.21. The fourth-order valence-electron chi connectivity index (χ4n) is 2.61. The summed E-state index contributed by atoms with van der Waals surface area (Å²) >= 11 is 0. The Hall–Kier alpha value is -0.900. The molecule has 4 heteroatoms. The molecule has 1 saturated heterocycles. The molecule has 90 valence electrons. The second kappa shape index (κ2) is 4.95. The van der Waals surface area contributed by atoms with Gasteiger partial charge in [-0.1, -0.05) is 25.9 Å². The number of hydrogen-bond donors (Lipinski definition) is 0. The number of piperidine rings is 1. The molecule has 0 saturated carbocycles. The first-order chi connectivity index (χ1) is 7.67. The normalized spacial score (nSPS) is 27.2. The van der Waals surface area contributed by atoms with Gasteiger partial charge in [0.2, 0.25) is 5.89 Å². The second-order valence-corrected chi connectivity index (χ2v) is 5.10. The molecule has 2 heterocycles. The van der Waals surface area contributed by atoms with Crippen molar-refractivity contribution in [3.63, 3.8) is 0 Å². The highest BCUT2D eigenvalue weighted by atomic mass is 16.5. The lowest BCUT2D eigenvalue weighted by Crippen LogP contribution is -2.38. The van der Waals surface area contributed by atoms with Gasteiger partial charge in [-0.25, -0.2) is 0 Å². The van der Waals surface area contributed by atoms with E-state index in [1.165, 1.54) is 6.42 Å². The minimum Gasteiger partial charge on any atom is -0.338 e. The highest BCUT2D eigenvalue weighted by Gasteiger charge is 2.23. The molecule has 0 aliphatic carbocycles. The Kier molecular flexibility index (Phi) is 3.59.